The molecule has 1 atom stereocenters. The van der Waals surface area contributed by atoms with E-state index in [4.69, 9.17) is 9.73 Å². The highest BCUT2D eigenvalue weighted by Gasteiger charge is 2.43. The molecular weight excluding hydrogens is 354 g/mol. The summed E-state index contributed by atoms with van der Waals surface area (Å²) in [6.45, 7) is 10.7. The molecule has 4 aliphatic rings. The molecule has 7 heteroatoms. The lowest BCUT2D eigenvalue weighted by Crippen LogP contribution is -2.55. The van der Waals surface area contributed by atoms with Crippen molar-refractivity contribution in [3.8, 4) is 0 Å². The van der Waals surface area contributed by atoms with Gasteiger partial charge in [0.2, 0.25) is 5.91 Å². The lowest BCUT2D eigenvalue weighted by atomic mass is 9.79. The molecule has 4 aliphatic heterocycles. The zero-order chi connectivity index (χ0) is 19.5. The first kappa shape index (κ1) is 20.0. The van der Waals surface area contributed by atoms with Crippen LogP contribution in [-0.2, 0) is 9.53 Å². The summed E-state index contributed by atoms with van der Waals surface area (Å²) in [5.74, 6) is 1.24. The molecule has 4 saturated heterocycles. The number of carbonyl (C=O) groups excluding carboxylic acids is 1. The fraction of sp³-hybridized carbons (Fsp3) is 0.905. The van der Waals surface area contributed by atoms with Crippen LogP contribution in [0.15, 0.2) is 4.99 Å². The molecule has 1 amide bonds. The molecular formula is C21H37N5O2. The number of guanidine groups is 1. The number of nitrogens with zero attached hydrogens (tertiary/aromatic N) is 3. The third-order valence-corrected chi connectivity index (χ3v) is 7.22. The Morgan fingerprint density at radius 3 is 2.64 bits per heavy atom. The van der Waals surface area contributed by atoms with Gasteiger partial charge in [0.1, 0.15) is 0 Å². The maximum absolute atomic E-state index is 11.8. The molecule has 4 rings (SSSR count). The van der Waals surface area contributed by atoms with E-state index in [0.29, 0.717) is 6.42 Å². The summed E-state index contributed by atoms with van der Waals surface area (Å²) in [7, 11) is 0. The minimum Gasteiger partial charge on any atom is -0.381 e. The Hall–Kier alpha value is -1.34. The number of aliphatic imine (C=N–C) groups is 1. The molecule has 1 spiro atoms. The monoisotopic (exact) mass is 391 g/mol. The molecule has 1 unspecified atom stereocenters. The van der Waals surface area contributed by atoms with Crippen LogP contribution in [0.1, 0.15) is 51.9 Å². The highest BCUT2D eigenvalue weighted by molar-refractivity contribution is 5.81. The molecule has 7 nitrogen and oxygen atoms in total. The minimum absolute atomic E-state index is 0.0941. The zero-order valence-electron chi connectivity index (χ0n) is 17.5. The molecule has 0 aromatic rings. The van der Waals surface area contributed by atoms with Crippen molar-refractivity contribution in [2.24, 2.45) is 10.4 Å². The number of amides is 1. The second-order valence-corrected chi connectivity index (χ2v) is 9.18. The van der Waals surface area contributed by atoms with Gasteiger partial charge in [-0.05, 0) is 58.5 Å². The van der Waals surface area contributed by atoms with E-state index in [1.807, 2.05) is 0 Å². The maximum Gasteiger partial charge on any atom is 0.220 e. The van der Waals surface area contributed by atoms with Gasteiger partial charge < -0.3 is 20.3 Å². The van der Waals surface area contributed by atoms with Crippen LogP contribution in [0.4, 0.5) is 0 Å². The van der Waals surface area contributed by atoms with Crippen LogP contribution in [0, 0.1) is 5.41 Å². The molecule has 28 heavy (non-hydrogen) atoms. The van der Waals surface area contributed by atoms with Crippen LogP contribution in [0.2, 0.25) is 0 Å². The fourth-order valence-electron chi connectivity index (χ4n) is 5.59. The number of hydrogen-bond donors (Lipinski definition) is 2. The summed E-state index contributed by atoms with van der Waals surface area (Å²) in [5.41, 5.74) is 0.255. The second-order valence-electron chi connectivity index (χ2n) is 9.18. The molecule has 0 bridgehead atoms. The van der Waals surface area contributed by atoms with Crippen molar-refractivity contribution < 1.29 is 9.53 Å². The Morgan fingerprint density at radius 2 is 1.96 bits per heavy atom. The number of nitrogens with one attached hydrogen (secondary N) is 2. The van der Waals surface area contributed by atoms with E-state index in [9.17, 15) is 4.79 Å². The molecule has 4 fully saturated rings. The summed E-state index contributed by atoms with van der Waals surface area (Å²) in [6.07, 6.45) is 7.71. The lowest BCUT2D eigenvalue weighted by molar-refractivity contribution is -0.119. The third-order valence-electron chi connectivity index (χ3n) is 7.22. The summed E-state index contributed by atoms with van der Waals surface area (Å²) >= 11 is 0. The van der Waals surface area contributed by atoms with E-state index in [0.717, 1.165) is 77.6 Å². The molecule has 0 saturated carbocycles. The van der Waals surface area contributed by atoms with Gasteiger partial charge in [0, 0.05) is 56.8 Å². The molecule has 0 aromatic heterocycles. The number of carbonyl (C=O) groups is 1. The topological polar surface area (TPSA) is 69.2 Å². The Bertz CT molecular complexity index is 583. The van der Waals surface area contributed by atoms with Crippen LogP contribution in [-0.4, -0.2) is 86.2 Å². The maximum atomic E-state index is 11.8. The molecule has 0 aliphatic carbocycles. The molecule has 158 valence electrons. The van der Waals surface area contributed by atoms with E-state index in [-0.39, 0.29) is 16.9 Å². The van der Waals surface area contributed by atoms with Crippen LogP contribution in [0.25, 0.3) is 0 Å². The van der Waals surface area contributed by atoms with Crippen molar-refractivity contribution in [1.82, 2.24) is 20.4 Å². The van der Waals surface area contributed by atoms with E-state index in [2.05, 4.69) is 27.4 Å². The predicted octanol–water partition coefficient (Wildman–Crippen LogP) is 1.20. The van der Waals surface area contributed by atoms with Gasteiger partial charge >= 0.3 is 0 Å². The largest absolute Gasteiger partial charge is 0.381 e. The molecule has 4 heterocycles. The van der Waals surface area contributed by atoms with E-state index < -0.39 is 0 Å². The summed E-state index contributed by atoms with van der Waals surface area (Å²) in [4.78, 5) is 22.1. The van der Waals surface area contributed by atoms with Gasteiger partial charge in [0.05, 0.1) is 6.54 Å². The second kappa shape index (κ2) is 8.57. The number of rotatable bonds is 4. The SMILES string of the molecule is CCNC(=NCC1(N2CCCC2)CCOCC1)N1CCCC2(CNC(=O)C2)C1. The highest BCUT2D eigenvalue weighted by Crippen LogP contribution is 2.36. The van der Waals surface area contributed by atoms with Crippen LogP contribution >= 0.6 is 0 Å². The van der Waals surface area contributed by atoms with E-state index in [1.165, 1.54) is 25.9 Å². The average Bonchev–Trinajstić information content (AvgIpc) is 3.37. The Balaban J connectivity index is 1.49. The van der Waals surface area contributed by atoms with Gasteiger partial charge in [0.15, 0.2) is 5.96 Å². The van der Waals surface area contributed by atoms with E-state index in [1.54, 1.807) is 0 Å². The van der Waals surface area contributed by atoms with E-state index >= 15 is 0 Å². The summed E-state index contributed by atoms with van der Waals surface area (Å²) < 4.78 is 5.69. The van der Waals surface area contributed by atoms with Crippen LogP contribution < -0.4 is 10.6 Å². The Morgan fingerprint density at radius 1 is 1.18 bits per heavy atom. The average molecular weight is 392 g/mol. The van der Waals surface area contributed by atoms with Crippen molar-refractivity contribution in [1.29, 1.82) is 0 Å². The number of ether oxygens (including phenoxy) is 1. The van der Waals surface area contributed by atoms with Gasteiger partial charge in [-0.2, -0.15) is 0 Å². The predicted molar refractivity (Wildman–Crippen MR) is 110 cm³/mol. The molecule has 0 aromatic carbocycles. The number of hydrogen-bond acceptors (Lipinski definition) is 4. The molecule has 0 radical (unpaired) electrons. The first-order chi connectivity index (χ1) is 13.6. The Labute approximate surface area is 169 Å². The lowest BCUT2D eigenvalue weighted by Gasteiger charge is -2.44. The van der Waals surface area contributed by atoms with Crippen molar-refractivity contribution in [3.05, 3.63) is 0 Å². The van der Waals surface area contributed by atoms with Crippen LogP contribution in [0.3, 0.4) is 0 Å². The first-order valence-electron chi connectivity index (χ1n) is 11.3. The van der Waals surface area contributed by atoms with Crippen molar-refractivity contribution in [2.45, 2.75) is 57.4 Å². The first-order valence-corrected chi connectivity index (χ1v) is 11.3. The molecule has 2 N–H and O–H groups in total. The van der Waals surface area contributed by atoms with Gasteiger partial charge in [-0.25, -0.2) is 0 Å². The van der Waals surface area contributed by atoms with Gasteiger partial charge in [0.25, 0.3) is 0 Å². The van der Waals surface area contributed by atoms with Gasteiger partial charge in [-0.1, -0.05) is 0 Å². The van der Waals surface area contributed by atoms with Crippen molar-refractivity contribution in [3.63, 3.8) is 0 Å². The van der Waals surface area contributed by atoms with Crippen molar-refractivity contribution in [2.75, 3.05) is 59.0 Å². The van der Waals surface area contributed by atoms with Gasteiger partial charge in [-0.3, -0.25) is 14.7 Å². The smallest absolute Gasteiger partial charge is 0.220 e. The highest BCUT2D eigenvalue weighted by atomic mass is 16.5. The summed E-state index contributed by atoms with van der Waals surface area (Å²) in [5, 5.41) is 6.59. The normalized spacial score (nSPS) is 31.4. The quantitative estimate of drug-likeness (QED) is 0.557. The third kappa shape index (κ3) is 4.15. The number of likely N-dealkylation sites (tertiary alicyclic amines) is 2. The minimum atomic E-state index is 0.0941. The van der Waals surface area contributed by atoms with Crippen LogP contribution in [0.5, 0.6) is 0 Å². The standard InChI is InChI=1S/C21H37N5O2/c1-2-22-19(25-9-5-6-20(17-25)14-18(27)23-15-20)24-16-21(7-12-28-13-8-21)26-10-3-4-11-26/h2-17H2,1H3,(H,22,24)(H,23,27). The fourth-order valence-corrected chi connectivity index (χ4v) is 5.59. The number of piperidine rings is 1. The zero-order valence-corrected chi connectivity index (χ0v) is 17.5. The van der Waals surface area contributed by atoms with Gasteiger partial charge in [-0.15, -0.1) is 0 Å². The van der Waals surface area contributed by atoms with Crippen molar-refractivity contribution >= 4 is 11.9 Å². The Kier molecular flexibility index (Phi) is 6.11. The summed E-state index contributed by atoms with van der Waals surface area (Å²) in [6, 6.07) is 0.